The summed E-state index contributed by atoms with van der Waals surface area (Å²) in [5.41, 5.74) is 8.08. The zero-order chi connectivity index (χ0) is 22.9. The Labute approximate surface area is 202 Å². The van der Waals surface area contributed by atoms with E-state index in [-0.39, 0.29) is 5.82 Å². The standard InChI is InChI=1S/C28H25FN4S/c29-24-14-19(17-33-12-2-1-3-13-33)4-7-22(24)20-5-8-23-25(10-11-30-26(23)15-20)32-21-6-9-28-27(16-21)31-18-34-28/h4-11,14-16,18H,1-3,12-13,17H2,(H,30,32). The van der Waals surface area contributed by atoms with Crippen LogP contribution in [-0.4, -0.2) is 28.0 Å². The van der Waals surface area contributed by atoms with Crippen LogP contribution in [0, 0.1) is 5.82 Å². The van der Waals surface area contributed by atoms with Crippen molar-refractivity contribution in [3.8, 4) is 11.1 Å². The van der Waals surface area contributed by atoms with Crippen LogP contribution >= 0.6 is 11.3 Å². The van der Waals surface area contributed by atoms with Crippen molar-refractivity contribution in [2.24, 2.45) is 0 Å². The van der Waals surface area contributed by atoms with Crippen molar-refractivity contribution >= 4 is 43.8 Å². The van der Waals surface area contributed by atoms with Crippen LogP contribution in [0.15, 0.2) is 72.4 Å². The van der Waals surface area contributed by atoms with E-state index in [4.69, 9.17) is 0 Å². The Hall–Kier alpha value is -3.35. The second-order valence-electron chi connectivity index (χ2n) is 8.90. The average Bonchev–Trinajstić information content (AvgIpc) is 3.33. The molecule has 1 fully saturated rings. The molecule has 1 aliphatic rings. The van der Waals surface area contributed by atoms with Crippen molar-refractivity contribution in [3.05, 3.63) is 83.8 Å². The van der Waals surface area contributed by atoms with Gasteiger partial charge in [-0.1, -0.05) is 30.7 Å². The number of fused-ring (bicyclic) bond motifs is 2. The Morgan fingerprint density at radius 3 is 2.68 bits per heavy atom. The Bertz CT molecular complexity index is 1470. The highest BCUT2D eigenvalue weighted by Crippen LogP contribution is 2.32. The fraction of sp³-hybridized carbons (Fsp3) is 0.214. The summed E-state index contributed by atoms with van der Waals surface area (Å²) in [4.78, 5) is 11.4. The number of benzene rings is 3. The Balaban J connectivity index is 1.27. The smallest absolute Gasteiger partial charge is 0.131 e. The molecule has 0 amide bonds. The molecule has 1 aliphatic heterocycles. The molecule has 0 radical (unpaired) electrons. The molecule has 4 nitrogen and oxygen atoms in total. The predicted octanol–water partition coefficient (Wildman–Crippen LogP) is 7.38. The average molecular weight is 469 g/mol. The van der Waals surface area contributed by atoms with Gasteiger partial charge in [-0.15, -0.1) is 11.3 Å². The molecule has 1 N–H and O–H groups in total. The van der Waals surface area contributed by atoms with Gasteiger partial charge in [0.2, 0.25) is 0 Å². The Kier molecular flexibility index (Phi) is 5.69. The minimum atomic E-state index is -0.181. The first-order valence-electron chi connectivity index (χ1n) is 11.7. The maximum Gasteiger partial charge on any atom is 0.131 e. The van der Waals surface area contributed by atoms with Crippen molar-refractivity contribution in [1.29, 1.82) is 0 Å². The summed E-state index contributed by atoms with van der Waals surface area (Å²) in [6.07, 6.45) is 5.56. The van der Waals surface area contributed by atoms with Gasteiger partial charge in [-0.3, -0.25) is 9.88 Å². The Morgan fingerprint density at radius 1 is 0.882 bits per heavy atom. The van der Waals surface area contributed by atoms with Gasteiger partial charge < -0.3 is 5.32 Å². The van der Waals surface area contributed by atoms with Crippen molar-refractivity contribution in [2.75, 3.05) is 18.4 Å². The van der Waals surface area contributed by atoms with Gasteiger partial charge in [0.05, 0.1) is 21.2 Å². The molecule has 0 aliphatic carbocycles. The van der Waals surface area contributed by atoms with E-state index >= 15 is 4.39 Å². The molecule has 0 bridgehead atoms. The van der Waals surface area contributed by atoms with E-state index in [0.29, 0.717) is 5.56 Å². The summed E-state index contributed by atoms with van der Waals surface area (Å²) >= 11 is 1.63. The second kappa shape index (κ2) is 9.12. The van der Waals surface area contributed by atoms with Crippen LogP contribution in [0.5, 0.6) is 0 Å². The number of nitrogens with one attached hydrogen (secondary N) is 1. The lowest BCUT2D eigenvalue weighted by Crippen LogP contribution is -2.29. The number of anilines is 2. The molecule has 1 saturated heterocycles. The molecule has 6 rings (SSSR count). The second-order valence-corrected chi connectivity index (χ2v) is 9.79. The van der Waals surface area contributed by atoms with Gasteiger partial charge in [-0.2, -0.15) is 0 Å². The highest BCUT2D eigenvalue weighted by molar-refractivity contribution is 7.16. The number of pyridine rings is 1. The van der Waals surface area contributed by atoms with E-state index < -0.39 is 0 Å². The third-order valence-electron chi connectivity index (χ3n) is 6.55. The summed E-state index contributed by atoms with van der Waals surface area (Å²) in [6.45, 7) is 3.03. The summed E-state index contributed by atoms with van der Waals surface area (Å²) in [5, 5.41) is 4.48. The summed E-state index contributed by atoms with van der Waals surface area (Å²) in [5.74, 6) is -0.181. The van der Waals surface area contributed by atoms with Crippen LogP contribution in [0.3, 0.4) is 0 Å². The number of aromatic nitrogens is 2. The monoisotopic (exact) mass is 468 g/mol. The van der Waals surface area contributed by atoms with Crippen LogP contribution in [0.1, 0.15) is 24.8 Å². The fourth-order valence-corrected chi connectivity index (χ4v) is 5.44. The van der Waals surface area contributed by atoms with E-state index in [9.17, 15) is 0 Å². The van der Waals surface area contributed by atoms with Gasteiger partial charge in [0, 0.05) is 35.1 Å². The van der Waals surface area contributed by atoms with Crippen LogP contribution in [-0.2, 0) is 6.54 Å². The molecule has 0 atom stereocenters. The third-order valence-corrected chi connectivity index (χ3v) is 7.36. The van der Waals surface area contributed by atoms with Crippen molar-refractivity contribution in [1.82, 2.24) is 14.9 Å². The molecule has 3 aromatic carbocycles. The maximum absolute atomic E-state index is 15.1. The summed E-state index contributed by atoms with van der Waals surface area (Å²) in [7, 11) is 0. The number of piperidine rings is 1. The van der Waals surface area contributed by atoms with Crippen molar-refractivity contribution in [2.45, 2.75) is 25.8 Å². The van der Waals surface area contributed by atoms with E-state index in [1.54, 1.807) is 23.6 Å². The Morgan fingerprint density at radius 2 is 1.79 bits per heavy atom. The van der Waals surface area contributed by atoms with Crippen LogP contribution < -0.4 is 5.32 Å². The summed E-state index contributed by atoms with van der Waals surface area (Å²) < 4.78 is 16.3. The number of nitrogens with zero attached hydrogens (tertiary/aromatic N) is 3. The highest BCUT2D eigenvalue weighted by atomic mass is 32.1. The van der Waals surface area contributed by atoms with Gasteiger partial charge in [0.1, 0.15) is 5.82 Å². The lowest BCUT2D eigenvalue weighted by Gasteiger charge is -2.26. The van der Waals surface area contributed by atoms with E-state index in [0.717, 1.165) is 58.6 Å². The van der Waals surface area contributed by atoms with Crippen LogP contribution in [0.4, 0.5) is 15.8 Å². The highest BCUT2D eigenvalue weighted by Gasteiger charge is 2.13. The molecule has 5 aromatic rings. The first-order chi connectivity index (χ1) is 16.7. The SMILES string of the molecule is Fc1cc(CN2CCCCC2)ccc1-c1ccc2c(Nc3ccc4scnc4c3)ccnc2c1. The molecule has 0 spiro atoms. The van der Waals surface area contributed by atoms with E-state index in [1.807, 2.05) is 41.9 Å². The fourth-order valence-electron chi connectivity index (χ4n) is 4.78. The third kappa shape index (κ3) is 4.27. The molecular formula is C28H25FN4S. The number of hydrogen-bond donors (Lipinski definition) is 1. The zero-order valence-electron chi connectivity index (χ0n) is 18.8. The van der Waals surface area contributed by atoms with Crippen LogP contribution in [0.25, 0.3) is 32.2 Å². The van der Waals surface area contributed by atoms with Crippen LogP contribution in [0.2, 0.25) is 0 Å². The molecule has 0 unspecified atom stereocenters. The first kappa shape index (κ1) is 21.2. The minimum Gasteiger partial charge on any atom is -0.355 e. The number of likely N-dealkylation sites (tertiary alicyclic amines) is 1. The summed E-state index contributed by atoms with van der Waals surface area (Å²) in [6, 6.07) is 19.7. The maximum atomic E-state index is 15.1. The number of thiazole rings is 1. The molecule has 3 heterocycles. The van der Waals surface area contributed by atoms with Crippen molar-refractivity contribution in [3.63, 3.8) is 0 Å². The molecule has 34 heavy (non-hydrogen) atoms. The number of rotatable bonds is 5. The molecular weight excluding hydrogens is 443 g/mol. The molecule has 0 saturated carbocycles. The number of hydrogen-bond acceptors (Lipinski definition) is 5. The van der Waals surface area contributed by atoms with Gasteiger partial charge in [-0.05, 0) is 73.5 Å². The van der Waals surface area contributed by atoms with Gasteiger partial charge in [0.15, 0.2) is 0 Å². The van der Waals surface area contributed by atoms with Gasteiger partial charge in [0.25, 0.3) is 0 Å². The normalized spacial score (nSPS) is 14.6. The molecule has 6 heteroatoms. The van der Waals surface area contributed by atoms with E-state index in [1.165, 1.54) is 24.0 Å². The van der Waals surface area contributed by atoms with Gasteiger partial charge >= 0.3 is 0 Å². The van der Waals surface area contributed by atoms with E-state index in [2.05, 4.69) is 38.4 Å². The first-order valence-corrected chi connectivity index (χ1v) is 12.6. The lowest BCUT2D eigenvalue weighted by atomic mass is 10.0. The quantitative estimate of drug-likeness (QED) is 0.292. The topological polar surface area (TPSA) is 41.0 Å². The molecule has 170 valence electrons. The van der Waals surface area contributed by atoms with Crippen molar-refractivity contribution < 1.29 is 4.39 Å². The van der Waals surface area contributed by atoms with Gasteiger partial charge in [-0.25, -0.2) is 9.37 Å². The molecule has 2 aromatic heterocycles. The number of halogens is 1. The predicted molar refractivity (Wildman–Crippen MR) is 139 cm³/mol. The largest absolute Gasteiger partial charge is 0.355 e. The lowest BCUT2D eigenvalue weighted by molar-refractivity contribution is 0.220. The minimum absolute atomic E-state index is 0.181. The zero-order valence-corrected chi connectivity index (χ0v) is 19.6.